The van der Waals surface area contributed by atoms with Gasteiger partial charge >= 0.3 is 0 Å². The molecule has 0 unspecified atom stereocenters. The number of amides is 1. The van der Waals surface area contributed by atoms with Gasteiger partial charge < -0.3 is 19.3 Å². The Labute approximate surface area is 150 Å². The van der Waals surface area contributed by atoms with Crippen molar-refractivity contribution in [2.24, 2.45) is 0 Å². The van der Waals surface area contributed by atoms with Crippen LogP contribution in [0.3, 0.4) is 0 Å². The molecule has 0 atom stereocenters. The lowest BCUT2D eigenvalue weighted by molar-refractivity contribution is -0.384. The number of aromatic nitrogens is 1. The number of aryl methyl sites for hydroxylation is 2. The van der Waals surface area contributed by atoms with E-state index in [4.69, 9.17) is 14.0 Å². The molecule has 1 aromatic carbocycles. The molecule has 2 aromatic rings. The van der Waals surface area contributed by atoms with Gasteiger partial charge in [0.25, 0.3) is 5.69 Å². The number of nitro benzene ring substituents is 1. The molecule has 0 saturated carbocycles. The maximum Gasteiger partial charge on any atom is 0.296 e. The van der Waals surface area contributed by atoms with Gasteiger partial charge in [-0.3, -0.25) is 14.9 Å². The number of nitrogens with zero attached hydrogens (tertiary/aromatic N) is 2. The van der Waals surface area contributed by atoms with Crippen molar-refractivity contribution in [3.05, 3.63) is 39.3 Å². The summed E-state index contributed by atoms with van der Waals surface area (Å²) >= 11 is 0. The maximum absolute atomic E-state index is 12.4. The number of carbonyl (C=O) groups excluding carboxylic acids is 1. The van der Waals surface area contributed by atoms with Gasteiger partial charge in [-0.05, 0) is 27.7 Å². The fourth-order valence-corrected chi connectivity index (χ4v) is 2.45. The summed E-state index contributed by atoms with van der Waals surface area (Å²) in [4.78, 5) is 23.2. The molecule has 140 valence electrons. The van der Waals surface area contributed by atoms with E-state index in [2.05, 4.69) is 10.5 Å². The number of ether oxygens (including phenoxy) is 2. The molecule has 26 heavy (non-hydrogen) atoms. The van der Waals surface area contributed by atoms with Crippen LogP contribution in [0.1, 0.15) is 30.9 Å². The molecule has 2 rings (SSSR count). The molecule has 0 fully saturated rings. The zero-order chi connectivity index (χ0) is 19.3. The van der Waals surface area contributed by atoms with Gasteiger partial charge in [0.1, 0.15) is 11.4 Å². The van der Waals surface area contributed by atoms with E-state index in [1.807, 2.05) is 0 Å². The second kappa shape index (κ2) is 8.32. The summed E-state index contributed by atoms with van der Waals surface area (Å²) in [7, 11) is 0. The Morgan fingerprint density at radius 3 is 2.35 bits per heavy atom. The van der Waals surface area contributed by atoms with Crippen LogP contribution in [0.15, 0.2) is 16.7 Å². The number of nitrogens with one attached hydrogen (secondary N) is 1. The van der Waals surface area contributed by atoms with Gasteiger partial charge in [-0.1, -0.05) is 5.16 Å². The lowest BCUT2D eigenvalue weighted by Gasteiger charge is -2.13. The van der Waals surface area contributed by atoms with Gasteiger partial charge in [0.05, 0.1) is 36.3 Å². The van der Waals surface area contributed by atoms with Crippen LogP contribution in [0.2, 0.25) is 0 Å². The summed E-state index contributed by atoms with van der Waals surface area (Å²) in [6.45, 7) is 7.66. The highest BCUT2D eigenvalue weighted by Gasteiger charge is 2.22. The highest BCUT2D eigenvalue weighted by Crippen LogP contribution is 2.38. The quantitative estimate of drug-likeness (QED) is 0.565. The molecule has 0 aliphatic rings. The predicted octanol–water partition coefficient (Wildman–Crippen LogP) is 3.18. The Bertz CT molecular complexity index is 796. The van der Waals surface area contributed by atoms with Gasteiger partial charge in [-0.15, -0.1) is 0 Å². The van der Waals surface area contributed by atoms with Crippen LogP contribution in [0, 0.1) is 24.0 Å². The minimum atomic E-state index is -0.580. The normalized spacial score (nSPS) is 10.5. The Hall–Kier alpha value is -3.10. The molecule has 0 aliphatic heterocycles. The highest BCUT2D eigenvalue weighted by molar-refractivity contribution is 5.95. The molecule has 1 aromatic heterocycles. The van der Waals surface area contributed by atoms with E-state index >= 15 is 0 Å². The van der Waals surface area contributed by atoms with Crippen LogP contribution >= 0.6 is 0 Å². The average Bonchev–Trinajstić information content (AvgIpc) is 2.89. The van der Waals surface area contributed by atoms with Crippen molar-refractivity contribution >= 4 is 17.3 Å². The fraction of sp³-hybridized carbons (Fsp3) is 0.412. The van der Waals surface area contributed by atoms with Gasteiger partial charge in [0.2, 0.25) is 5.91 Å². The topological polar surface area (TPSA) is 117 Å². The molecular weight excluding hydrogens is 342 g/mol. The Morgan fingerprint density at radius 1 is 1.23 bits per heavy atom. The van der Waals surface area contributed by atoms with E-state index in [1.54, 1.807) is 27.7 Å². The first-order chi connectivity index (χ1) is 12.4. The number of hydrogen-bond donors (Lipinski definition) is 1. The first kappa shape index (κ1) is 19.2. The minimum absolute atomic E-state index is 0.00446. The third kappa shape index (κ3) is 4.29. The first-order valence-corrected chi connectivity index (χ1v) is 8.16. The summed E-state index contributed by atoms with van der Waals surface area (Å²) in [6, 6.07) is 2.65. The second-order valence-electron chi connectivity index (χ2n) is 5.47. The van der Waals surface area contributed by atoms with Crippen LogP contribution in [0.25, 0.3) is 0 Å². The number of anilines is 1. The molecular formula is C17H21N3O6. The van der Waals surface area contributed by atoms with Crippen molar-refractivity contribution in [2.45, 2.75) is 34.1 Å². The SMILES string of the molecule is CCOc1cc(NC(=O)Cc2c(C)noc2C)c([N+](=O)[O-])cc1OCC. The number of benzene rings is 1. The fourth-order valence-electron chi connectivity index (χ4n) is 2.45. The summed E-state index contributed by atoms with van der Waals surface area (Å²) < 4.78 is 15.9. The van der Waals surface area contributed by atoms with Crippen molar-refractivity contribution in [2.75, 3.05) is 18.5 Å². The second-order valence-corrected chi connectivity index (χ2v) is 5.47. The van der Waals surface area contributed by atoms with Crippen LogP contribution < -0.4 is 14.8 Å². The van der Waals surface area contributed by atoms with Crippen LogP contribution in [0.5, 0.6) is 11.5 Å². The van der Waals surface area contributed by atoms with Crippen molar-refractivity contribution in [3.8, 4) is 11.5 Å². The molecule has 0 spiro atoms. The van der Waals surface area contributed by atoms with Gasteiger partial charge in [-0.2, -0.15) is 0 Å². The predicted molar refractivity (Wildman–Crippen MR) is 93.7 cm³/mol. The van der Waals surface area contributed by atoms with Crippen LogP contribution in [0.4, 0.5) is 11.4 Å². The number of nitro groups is 1. The molecule has 0 saturated heterocycles. The van der Waals surface area contributed by atoms with Crippen molar-refractivity contribution in [1.29, 1.82) is 0 Å². The van der Waals surface area contributed by atoms with Gasteiger partial charge in [-0.25, -0.2) is 0 Å². The standard InChI is InChI=1S/C17H21N3O6/c1-5-24-15-8-13(14(20(22)23)9-16(15)25-6-2)18-17(21)7-12-10(3)19-26-11(12)4/h8-9H,5-7H2,1-4H3,(H,18,21). The third-order valence-electron chi connectivity index (χ3n) is 3.65. The monoisotopic (exact) mass is 363 g/mol. The van der Waals surface area contributed by atoms with E-state index in [-0.39, 0.29) is 23.5 Å². The number of rotatable bonds is 8. The van der Waals surface area contributed by atoms with Crippen molar-refractivity contribution in [1.82, 2.24) is 5.16 Å². The highest BCUT2D eigenvalue weighted by atomic mass is 16.6. The molecule has 9 heteroatoms. The van der Waals surface area contributed by atoms with E-state index in [0.717, 1.165) is 0 Å². The smallest absolute Gasteiger partial charge is 0.296 e. The molecule has 0 bridgehead atoms. The molecule has 0 aliphatic carbocycles. The van der Waals surface area contributed by atoms with Crippen molar-refractivity contribution < 1.29 is 23.7 Å². The summed E-state index contributed by atoms with van der Waals surface area (Å²) in [5.41, 5.74) is 1.03. The maximum atomic E-state index is 12.4. The first-order valence-electron chi connectivity index (χ1n) is 8.16. The number of hydrogen-bond acceptors (Lipinski definition) is 7. The molecule has 1 heterocycles. The van der Waals surface area contributed by atoms with E-state index in [1.165, 1.54) is 12.1 Å². The summed E-state index contributed by atoms with van der Waals surface area (Å²) in [5, 5.41) is 17.7. The average molecular weight is 363 g/mol. The zero-order valence-electron chi connectivity index (χ0n) is 15.1. The van der Waals surface area contributed by atoms with Crippen LogP contribution in [-0.4, -0.2) is 29.2 Å². The minimum Gasteiger partial charge on any atom is -0.490 e. The molecule has 0 radical (unpaired) electrons. The Balaban J connectivity index is 2.32. The Kier molecular flexibility index (Phi) is 6.16. The molecule has 9 nitrogen and oxygen atoms in total. The van der Waals surface area contributed by atoms with E-state index < -0.39 is 10.8 Å². The van der Waals surface area contributed by atoms with Crippen LogP contribution in [-0.2, 0) is 11.2 Å². The van der Waals surface area contributed by atoms with E-state index in [9.17, 15) is 14.9 Å². The third-order valence-corrected chi connectivity index (χ3v) is 3.65. The lowest BCUT2D eigenvalue weighted by Crippen LogP contribution is -2.16. The Morgan fingerprint density at radius 2 is 1.85 bits per heavy atom. The zero-order valence-corrected chi connectivity index (χ0v) is 15.1. The largest absolute Gasteiger partial charge is 0.490 e. The lowest BCUT2D eigenvalue weighted by atomic mass is 10.1. The summed E-state index contributed by atoms with van der Waals surface area (Å²) in [5.74, 6) is 0.695. The van der Waals surface area contributed by atoms with Gasteiger partial charge in [0, 0.05) is 11.6 Å². The van der Waals surface area contributed by atoms with Crippen molar-refractivity contribution in [3.63, 3.8) is 0 Å². The van der Waals surface area contributed by atoms with E-state index in [0.29, 0.717) is 36.0 Å². The van der Waals surface area contributed by atoms with Gasteiger partial charge in [0.15, 0.2) is 11.5 Å². The molecule has 1 N–H and O–H groups in total. The summed E-state index contributed by atoms with van der Waals surface area (Å²) in [6.07, 6.45) is -0.00446. The molecule has 1 amide bonds. The number of carbonyl (C=O) groups is 1.